The topological polar surface area (TPSA) is 70.6 Å². The number of amides is 2. The van der Waals surface area contributed by atoms with Gasteiger partial charge in [-0.3, -0.25) is 0 Å². The number of halogens is 2. The summed E-state index contributed by atoms with van der Waals surface area (Å²) in [4.78, 5) is 12.0. The molecule has 0 aliphatic heterocycles. The van der Waals surface area contributed by atoms with Gasteiger partial charge in [-0.15, -0.1) is 0 Å². The Labute approximate surface area is 127 Å². The first-order valence-electron chi connectivity index (χ1n) is 7.32. The lowest BCUT2D eigenvalue weighted by molar-refractivity contribution is -0.0493. The second-order valence-corrected chi connectivity index (χ2v) is 5.31. The van der Waals surface area contributed by atoms with Gasteiger partial charge in [0.05, 0.1) is 5.69 Å². The molecule has 2 amide bonds. The van der Waals surface area contributed by atoms with Crippen LogP contribution < -0.4 is 15.4 Å². The number of urea groups is 1. The van der Waals surface area contributed by atoms with Crippen LogP contribution in [0.1, 0.15) is 25.7 Å². The predicted molar refractivity (Wildman–Crippen MR) is 78.1 cm³/mol. The summed E-state index contributed by atoms with van der Waals surface area (Å²) in [5, 5.41) is 14.6. The van der Waals surface area contributed by atoms with Gasteiger partial charge in [0.15, 0.2) is 0 Å². The number of carbonyl (C=O) groups excluding carboxylic acids is 1. The van der Waals surface area contributed by atoms with E-state index in [4.69, 9.17) is 0 Å². The Morgan fingerprint density at radius 2 is 2.05 bits per heavy atom. The predicted octanol–water partition coefficient (Wildman–Crippen LogP) is 2.96. The third kappa shape index (κ3) is 4.56. The van der Waals surface area contributed by atoms with Gasteiger partial charge in [0.25, 0.3) is 0 Å². The van der Waals surface area contributed by atoms with Crippen molar-refractivity contribution in [1.29, 1.82) is 0 Å². The first kappa shape index (κ1) is 16.5. The fourth-order valence-corrected chi connectivity index (χ4v) is 2.71. The lowest BCUT2D eigenvalue weighted by Crippen LogP contribution is -2.45. The molecular formula is C15H20F2N2O3. The number of rotatable bonds is 5. The van der Waals surface area contributed by atoms with Crippen LogP contribution in [0.2, 0.25) is 0 Å². The summed E-state index contributed by atoms with van der Waals surface area (Å²) in [6.45, 7) is -2.93. The van der Waals surface area contributed by atoms with Crippen molar-refractivity contribution < 1.29 is 23.4 Å². The van der Waals surface area contributed by atoms with E-state index in [2.05, 4.69) is 15.4 Å². The van der Waals surface area contributed by atoms with E-state index in [1.165, 1.54) is 12.1 Å². The molecule has 0 radical (unpaired) electrons. The van der Waals surface area contributed by atoms with Crippen LogP contribution in [0.3, 0.4) is 0 Å². The van der Waals surface area contributed by atoms with Gasteiger partial charge in [-0.1, -0.05) is 25.0 Å². The van der Waals surface area contributed by atoms with E-state index < -0.39 is 12.6 Å². The summed E-state index contributed by atoms with van der Waals surface area (Å²) < 4.78 is 29.0. The van der Waals surface area contributed by atoms with Gasteiger partial charge >= 0.3 is 12.6 Å². The Morgan fingerprint density at radius 1 is 1.32 bits per heavy atom. The molecule has 0 spiro atoms. The highest BCUT2D eigenvalue weighted by atomic mass is 19.3. The lowest BCUT2D eigenvalue weighted by atomic mass is 9.85. The highest BCUT2D eigenvalue weighted by Gasteiger charge is 2.26. The summed E-state index contributed by atoms with van der Waals surface area (Å²) in [5.41, 5.74) is 0.177. The lowest BCUT2D eigenvalue weighted by Gasteiger charge is -2.30. The standard InChI is InChI=1S/C15H20F2N2O3/c16-14(17)22-13-8-4-3-7-12(13)19-15(21)18-11-6-2-1-5-10(11)9-20/h3-4,7-8,10-11,14,20H,1-2,5-6,9H2,(H2,18,19,21). The van der Waals surface area contributed by atoms with Crippen LogP contribution in [-0.4, -0.2) is 30.4 Å². The van der Waals surface area contributed by atoms with Crippen LogP contribution >= 0.6 is 0 Å². The number of anilines is 1. The van der Waals surface area contributed by atoms with E-state index >= 15 is 0 Å². The monoisotopic (exact) mass is 314 g/mol. The molecule has 1 aromatic carbocycles. The molecule has 7 heteroatoms. The van der Waals surface area contributed by atoms with Crippen LogP contribution in [0.4, 0.5) is 19.3 Å². The summed E-state index contributed by atoms with van der Waals surface area (Å²) in [6.07, 6.45) is 3.70. The van der Waals surface area contributed by atoms with Crippen molar-refractivity contribution in [2.45, 2.75) is 38.3 Å². The summed E-state index contributed by atoms with van der Waals surface area (Å²) in [6, 6.07) is 5.41. The van der Waals surface area contributed by atoms with Crippen molar-refractivity contribution in [1.82, 2.24) is 5.32 Å². The molecule has 2 rings (SSSR count). The van der Waals surface area contributed by atoms with Gasteiger partial charge < -0.3 is 20.5 Å². The average molecular weight is 314 g/mol. The van der Waals surface area contributed by atoms with Crippen LogP contribution in [0.25, 0.3) is 0 Å². The van der Waals surface area contributed by atoms with E-state index in [1.54, 1.807) is 12.1 Å². The number of benzene rings is 1. The van der Waals surface area contributed by atoms with Crippen molar-refractivity contribution in [2.24, 2.45) is 5.92 Å². The number of ether oxygens (including phenoxy) is 1. The van der Waals surface area contributed by atoms with Crippen molar-refractivity contribution in [2.75, 3.05) is 11.9 Å². The van der Waals surface area contributed by atoms with Gasteiger partial charge in [0.1, 0.15) is 5.75 Å². The average Bonchev–Trinajstić information content (AvgIpc) is 2.49. The second-order valence-electron chi connectivity index (χ2n) is 5.31. The molecule has 2 unspecified atom stereocenters. The quantitative estimate of drug-likeness (QED) is 0.782. The molecule has 1 aromatic rings. The summed E-state index contributed by atoms with van der Waals surface area (Å²) >= 11 is 0. The van der Waals surface area contributed by atoms with Crippen LogP contribution in [0.5, 0.6) is 5.75 Å². The van der Waals surface area contributed by atoms with Crippen LogP contribution in [0, 0.1) is 5.92 Å². The number of hydrogen-bond donors (Lipinski definition) is 3. The molecule has 5 nitrogen and oxygen atoms in total. The number of alkyl halides is 2. The molecular weight excluding hydrogens is 294 g/mol. The third-order valence-electron chi connectivity index (χ3n) is 3.81. The highest BCUT2D eigenvalue weighted by Crippen LogP contribution is 2.26. The summed E-state index contributed by atoms with van der Waals surface area (Å²) in [7, 11) is 0. The minimum Gasteiger partial charge on any atom is -0.433 e. The van der Waals surface area contributed by atoms with Gasteiger partial charge in [-0.2, -0.15) is 8.78 Å². The zero-order chi connectivity index (χ0) is 15.9. The molecule has 1 fully saturated rings. The van der Waals surface area contributed by atoms with E-state index in [0.29, 0.717) is 0 Å². The molecule has 0 aromatic heterocycles. The van der Waals surface area contributed by atoms with Crippen molar-refractivity contribution in [3.63, 3.8) is 0 Å². The molecule has 0 saturated heterocycles. The maximum atomic E-state index is 12.3. The minimum absolute atomic E-state index is 0.0238. The normalized spacial score (nSPS) is 21.5. The molecule has 2 atom stereocenters. The van der Waals surface area contributed by atoms with E-state index in [1.807, 2.05) is 0 Å². The van der Waals surface area contributed by atoms with Crippen molar-refractivity contribution >= 4 is 11.7 Å². The highest BCUT2D eigenvalue weighted by molar-refractivity contribution is 5.91. The number of aliphatic hydroxyl groups excluding tert-OH is 1. The number of nitrogens with one attached hydrogen (secondary N) is 2. The molecule has 1 saturated carbocycles. The van der Waals surface area contributed by atoms with E-state index in [-0.39, 0.29) is 30.0 Å². The van der Waals surface area contributed by atoms with Gasteiger partial charge in [0.2, 0.25) is 0 Å². The fraction of sp³-hybridized carbons (Fsp3) is 0.533. The Hall–Kier alpha value is -1.89. The molecule has 3 N–H and O–H groups in total. The van der Waals surface area contributed by atoms with E-state index in [9.17, 15) is 18.7 Å². The van der Waals surface area contributed by atoms with Gasteiger partial charge in [0, 0.05) is 18.6 Å². The Morgan fingerprint density at radius 3 is 2.77 bits per heavy atom. The SMILES string of the molecule is O=C(Nc1ccccc1OC(F)F)NC1CCCCC1CO. The van der Waals surface area contributed by atoms with Gasteiger partial charge in [-0.05, 0) is 25.0 Å². The second kappa shape index (κ2) is 7.93. The van der Waals surface area contributed by atoms with Crippen LogP contribution in [-0.2, 0) is 0 Å². The summed E-state index contributed by atoms with van der Waals surface area (Å²) in [5.74, 6) is -0.0536. The third-order valence-corrected chi connectivity index (χ3v) is 3.81. The van der Waals surface area contributed by atoms with Crippen molar-refractivity contribution in [3.8, 4) is 5.75 Å². The minimum atomic E-state index is -2.96. The number of aliphatic hydroxyl groups is 1. The zero-order valence-corrected chi connectivity index (χ0v) is 12.1. The van der Waals surface area contributed by atoms with Crippen molar-refractivity contribution in [3.05, 3.63) is 24.3 Å². The Kier molecular flexibility index (Phi) is 5.94. The number of para-hydroxylation sites is 2. The Balaban J connectivity index is 1.97. The Bertz CT molecular complexity index is 499. The molecule has 122 valence electrons. The smallest absolute Gasteiger partial charge is 0.387 e. The van der Waals surface area contributed by atoms with Crippen LogP contribution in [0.15, 0.2) is 24.3 Å². The number of hydrogen-bond acceptors (Lipinski definition) is 3. The molecule has 22 heavy (non-hydrogen) atoms. The number of carbonyl (C=O) groups is 1. The van der Waals surface area contributed by atoms with Gasteiger partial charge in [-0.25, -0.2) is 4.79 Å². The molecule has 0 heterocycles. The molecule has 1 aliphatic rings. The zero-order valence-electron chi connectivity index (χ0n) is 12.1. The largest absolute Gasteiger partial charge is 0.433 e. The fourth-order valence-electron chi connectivity index (χ4n) is 2.71. The molecule has 0 bridgehead atoms. The molecule has 1 aliphatic carbocycles. The van der Waals surface area contributed by atoms with E-state index in [0.717, 1.165) is 25.7 Å². The first-order chi connectivity index (χ1) is 10.6. The maximum Gasteiger partial charge on any atom is 0.387 e. The maximum absolute atomic E-state index is 12.3. The first-order valence-corrected chi connectivity index (χ1v) is 7.32.